The number of nitrogens with one attached hydrogen (secondary N) is 2. The smallest absolute Gasteiger partial charge is 0.146 e. The molecule has 6 nitrogen and oxygen atoms in total. The Kier molecular flexibility index (Phi) is 4.58. The lowest BCUT2D eigenvalue weighted by atomic mass is 9.99. The number of fused-ring (bicyclic) bond motifs is 1. The van der Waals surface area contributed by atoms with Crippen molar-refractivity contribution in [2.45, 2.75) is 13.0 Å². The fourth-order valence-electron chi connectivity index (χ4n) is 3.52. The van der Waals surface area contributed by atoms with Crippen LogP contribution in [-0.2, 0) is 9.53 Å². The van der Waals surface area contributed by atoms with Gasteiger partial charge in [-0.3, -0.25) is 0 Å². The van der Waals surface area contributed by atoms with Crippen LogP contribution in [0.2, 0.25) is 0 Å². The molecule has 134 valence electrons. The molecule has 0 saturated carbocycles. The molecule has 2 aromatic rings. The van der Waals surface area contributed by atoms with Crippen molar-refractivity contribution in [1.29, 1.82) is 0 Å². The van der Waals surface area contributed by atoms with E-state index in [-0.39, 0.29) is 6.04 Å². The summed E-state index contributed by atoms with van der Waals surface area (Å²) in [6.45, 7) is 5.49. The largest absolute Gasteiger partial charge is 0.378 e. The van der Waals surface area contributed by atoms with Crippen molar-refractivity contribution in [2.75, 3.05) is 36.5 Å². The number of ether oxygens (including phenoxy) is 1. The minimum Gasteiger partial charge on any atom is -0.378 e. The zero-order valence-electron chi connectivity index (χ0n) is 14.7. The van der Waals surface area contributed by atoms with Crippen molar-refractivity contribution in [2.24, 2.45) is 0 Å². The SMILES string of the molecule is Cc1cc(Nc2nccc3c2C(C=O)NC=C3)ccc1N1CCOCC1. The number of aryl methyl sites for hydroxylation is 1. The molecular weight excluding hydrogens is 328 g/mol. The van der Waals surface area contributed by atoms with E-state index in [1.165, 1.54) is 11.3 Å². The number of hydrogen-bond acceptors (Lipinski definition) is 6. The Labute approximate surface area is 152 Å². The highest BCUT2D eigenvalue weighted by molar-refractivity contribution is 5.77. The number of benzene rings is 1. The lowest BCUT2D eigenvalue weighted by molar-refractivity contribution is -0.109. The third kappa shape index (κ3) is 3.15. The van der Waals surface area contributed by atoms with Gasteiger partial charge in [0.05, 0.1) is 13.2 Å². The molecule has 0 aliphatic carbocycles. The fraction of sp³-hybridized carbons (Fsp3) is 0.300. The number of nitrogens with zero attached hydrogens (tertiary/aromatic N) is 2. The normalized spacial score (nSPS) is 18.8. The maximum Gasteiger partial charge on any atom is 0.146 e. The van der Waals surface area contributed by atoms with Crippen LogP contribution in [0, 0.1) is 6.92 Å². The van der Waals surface area contributed by atoms with Crippen molar-refractivity contribution in [3.8, 4) is 0 Å². The molecule has 2 aliphatic rings. The number of morpholine rings is 1. The molecule has 6 heteroatoms. The van der Waals surface area contributed by atoms with Gasteiger partial charge in [-0.05, 0) is 54.6 Å². The van der Waals surface area contributed by atoms with Crippen molar-refractivity contribution in [1.82, 2.24) is 10.3 Å². The quantitative estimate of drug-likeness (QED) is 0.827. The van der Waals surface area contributed by atoms with E-state index in [2.05, 4.69) is 45.6 Å². The molecule has 1 aromatic heterocycles. The summed E-state index contributed by atoms with van der Waals surface area (Å²) in [6.07, 6.45) is 6.41. The number of anilines is 3. The number of aromatic nitrogens is 1. The van der Waals surface area contributed by atoms with E-state index in [1.54, 1.807) is 12.4 Å². The topological polar surface area (TPSA) is 66.5 Å². The van der Waals surface area contributed by atoms with Gasteiger partial charge >= 0.3 is 0 Å². The third-order valence-corrected chi connectivity index (χ3v) is 4.82. The maximum absolute atomic E-state index is 11.4. The van der Waals surface area contributed by atoms with Gasteiger partial charge < -0.3 is 25.1 Å². The number of carbonyl (C=O) groups excluding carboxylic acids is 1. The highest BCUT2D eigenvalue weighted by Gasteiger charge is 2.21. The Bertz CT molecular complexity index is 844. The second-order valence-corrected chi connectivity index (χ2v) is 6.50. The summed E-state index contributed by atoms with van der Waals surface area (Å²) in [5, 5.41) is 6.45. The van der Waals surface area contributed by atoms with Gasteiger partial charge in [-0.2, -0.15) is 0 Å². The van der Waals surface area contributed by atoms with Gasteiger partial charge in [0.25, 0.3) is 0 Å². The molecule has 2 N–H and O–H groups in total. The van der Waals surface area contributed by atoms with Crippen LogP contribution >= 0.6 is 0 Å². The van der Waals surface area contributed by atoms with E-state index in [1.807, 2.05) is 12.1 Å². The lowest BCUT2D eigenvalue weighted by Crippen LogP contribution is -2.36. The van der Waals surface area contributed by atoms with Gasteiger partial charge in [0.2, 0.25) is 0 Å². The first kappa shape index (κ1) is 16.6. The molecular formula is C20H22N4O2. The summed E-state index contributed by atoms with van der Waals surface area (Å²) in [5.41, 5.74) is 5.27. The molecule has 1 unspecified atom stereocenters. The first-order chi connectivity index (χ1) is 12.8. The number of rotatable bonds is 4. The molecule has 1 atom stereocenters. The van der Waals surface area contributed by atoms with E-state index < -0.39 is 0 Å². The molecule has 0 spiro atoms. The summed E-state index contributed by atoms with van der Waals surface area (Å²) >= 11 is 0. The minimum atomic E-state index is -0.389. The van der Waals surface area contributed by atoms with Crippen molar-refractivity contribution in [3.63, 3.8) is 0 Å². The van der Waals surface area contributed by atoms with Gasteiger partial charge in [-0.25, -0.2) is 4.98 Å². The van der Waals surface area contributed by atoms with Crippen LogP contribution in [0.3, 0.4) is 0 Å². The summed E-state index contributed by atoms with van der Waals surface area (Å²) in [4.78, 5) is 18.2. The first-order valence-electron chi connectivity index (χ1n) is 8.83. The van der Waals surface area contributed by atoms with E-state index in [4.69, 9.17) is 4.74 Å². The van der Waals surface area contributed by atoms with Crippen molar-refractivity contribution in [3.05, 3.63) is 53.4 Å². The molecule has 1 saturated heterocycles. The predicted molar refractivity (Wildman–Crippen MR) is 103 cm³/mol. The number of pyridine rings is 1. The first-order valence-corrected chi connectivity index (χ1v) is 8.83. The molecule has 0 radical (unpaired) electrons. The monoisotopic (exact) mass is 350 g/mol. The van der Waals surface area contributed by atoms with Gasteiger partial charge in [0.1, 0.15) is 18.1 Å². The van der Waals surface area contributed by atoms with Crippen molar-refractivity contribution >= 4 is 29.6 Å². The standard InChI is InChI=1S/C20H22N4O2/c1-14-12-16(2-3-18(14)24-8-10-26-11-9-24)23-20-19-15(5-7-22-20)4-6-21-17(19)13-25/h2-7,12-13,17,21H,8-11H2,1H3,(H,22,23). The number of carbonyl (C=O) groups is 1. The lowest BCUT2D eigenvalue weighted by Gasteiger charge is -2.30. The summed E-state index contributed by atoms with van der Waals surface area (Å²) in [6, 6.07) is 7.84. The molecule has 1 fully saturated rings. The molecule has 1 aromatic carbocycles. The highest BCUT2D eigenvalue weighted by Crippen LogP contribution is 2.31. The van der Waals surface area contributed by atoms with E-state index >= 15 is 0 Å². The summed E-state index contributed by atoms with van der Waals surface area (Å²) in [5.74, 6) is 0.704. The third-order valence-electron chi connectivity index (χ3n) is 4.82. The fourth-order valence-corrected chi connectivity index (χ4v) is 3.52. The molecule has 0 amide bonds. The van der Waals surface area contributed by atoms with Crippen LogP contribution < -0.4 is 15.5 Å². The minimum absolute atomic E-state index is 0.389. The van der Waals surface area contributed by atoms with Crippen LogP contribution in [0.5, 0.6) is 0 Å². The van der Waals surface area contributed by atoms with Crippen LogP contribution in [0.1, 0.15) is 22.7 Å². The second kappa shape index (κ2) is 7.17. The van der Waals surface area contributed by atoms with E-state index in [0.717, 1.165) is 49.4 Å². The molecule has 2 aliphatic heterocycles. The van der Waals surface area contributed by atoms with E-state index in [0.29, 0.717) is 5.82 Å². The average Bonchev–Trinajstić information content (AvgIpc) is 2.68. The van der Waals surface area contributed by atoms with Gasteiger partial charge in [0, 0.05) is 36.2 Å². The zero-order valence-corrected chi connectivity index (χ0v) is 14.7. The Morgan fingerprint density at radius 3 is 2.92 bits per heavy atom. The Balaban J connectivity index is 1.61. The van der Waals surface area contributed by atoms with Crippen LogP contribution in [0.15, 0.2) is 36.7 Å². The zero-order chi connectivity index (χ0) is 17.9. The predicted octanol–water partition coefficient (Wildman–Crippen LogP) is 2.78. The Hall–Kier alpha value is -2.86. The molecule has 4 rings (SSSR count). The number of hydrogen-bond donors (Lipinski definition) is 2. The van der Waals surface area contributed by atoms with Gasteiger partial charge in [-0.1, -0.05) is 0 Å². The second-order valence-electron chi connectivity index (χ2n) is 6.50. The summed E-state index contributed by atoms with van der Waals surface area (Å²) in [7, 11) is 0. The molecule has 26 heavy (non-hydrogen) atoms. The number of aldehydes is 1. The Morgan fingerprint density at radius 2 is 2.15 bits per heavy atom. The van der Waals surface area contributed by atoms with Crippen LogP contribution in [-0.4, -0.2) is 37.6 Å². The maximum atomic E-state index is 11.4. The van der Waals surface area contributed by atoms with Gasteiger partial charge in [0.15, 0.2) is 0 Å². The van der Waals surface area contributed by atoms with E-state index in [9.17, 15) is 4.79 Å². The van der Waals surface area contributed by atoms with Gasteiger partial charge in [-0.15, -0.1) is 0 Å². The van der Waals surface area contributed by atoms with Crippen LogP contribution in [0.25, 0.3) is 6.08 Å². The van der Waals surface area contributed by atoms with Crippen molar-refractivity contribution < 1.29 is 9.53 Å². The van der Waals surface area contributed by atoms with Crippen LogP contribution in [0.4, 0.5) is 17.2 Å². The Morgan fingerprint density at radius 1 is 1.31 bits per heavy atom. The molecule has 0 bridgehead atoms. The highest BCUT2D eigenvalue weighted by atomic mass is 16.5. The summed E-state index contributed by atoms with van der Waals surface area (Å²) < 4.78 is 5.44. The average molecular weight is 350 g/mol. The molecule has 3 heterocycles.